The van der Waals surface area contributed by atoms with Gasteiger partial charge in [0.2, 0.25) is 5.76 Å². The van der Waals surface area contributed by atoms with Gasteiger partial charge in [0, 0.05) is 43.7 Å². The van der Waals surface area contributed by atoms with Crippen molar-refractivity contribution >= 4 is 28.3 Å². The minimum Gasteiger partial charge on any atom is -0.448 e. The zero-order valence-corrected chi connectivity index (χ0v) is 13.9. The number of benzene rings is 1. The molecule has 4 rings (SSSR count). The second-order valence-electron chi connectivity index (χ2n) is 6.43. The first-order valence-corrected chi connectivity index (χ1v) is 8.26. The first kappa shape index (κ1) is 15.7. The third-order valence-corrected chi connectivity index (χ3v) is 4.51. The number of amides is 1. The Morgan fingerprint density at radius 3 is 2.80 bits per heavy atom. The lowest BCUT2D eigenvalue weighted by Gasteiger charge is -2.37. The van der Waals surface area contributed by atoms with E-state index in [0.717, 1.165) is 16.6 Å². The Hall–Kier alpha value is -2.86. The maximum atomic E-state index is 12.8. The molecule has 3 heterocycles. The van der Waals surface area contributed by atoms with Gasteiger partial charge in [0.1, 0.15) is 11.3 Å². The van der Waals surface area contributed by atoms with Gasteiger partial charge in [-0.2, -0.15) is 0 Å². The van der Waals surface area contributed by atoms with Gasteiger partial charge in [0.15, 0.2) is 0 Å². The van der Waals surface area contributed by atoms with Gasteiger partial charge in [-0.1, -0.05) is 17.7 Å². The topological polar surface area (TPSA) is 78.6 Å². The van der Waals surface area contributed by atoms with Gasteiger partial charge in [-0.15, -0.1) is 0 Å². The molecule has 0 bridgehead atoms. The summed E-state index contributed by atoms with van der Waals surface area (Å²) in [5.41, 5.74) is 3.29. The minimum absolute atomic E-state index is 0.0995. The molecule has 6 nitrogen and oxygen atoms in total. The van der Waals surface area contributed by atoms with Crippen LogP contribution in [-0.4, -0.2) is 40.6 Å². The number of furan rings is 1. The molecule has 1 aromatic carbocycles. The zero-order valence-electron chi connectivity index (χ0n) is 13.9. The number of aliphatic hydroxyl groups excluding tert-OH is 1. The van der Waals surface area contributed by atoms with Crippen LogP contribution >= 0.6 is 0 Å². The van der Waals surface area contributed by atoms with Crippen molar-refractivity contribution in [3.63, 3.8) is 0 Å². The molecule has 0 atom stereocenters. The van der Waals surface area contributed by atoms with Crippen LogP contribution in [-0.2, 0) is 0 Å². The molecule has 0 aliphatic carbocycles. The Labute approximate surface area is 145 Å². The third-order valence-electron chi connectivity index (χ3n) is 4.51. The van der Waals surface area contributed by atoms with Crippen molar-refractivity contribution in [1.82, 2.24) is 9.88 Å². The summed E-state index contributed by atoms with van der Waals surface area (Å²) in [6.07, 6.45) is 3.33. The maximum absolute atomic E-state index is 12.8. The van der Waals surface area contributed by atoms with E-state index in [4.69, 9.17) is 9.52 Å². The number of aromatic nitrogens is 1. The van der Waals surface area contributed by atoms with E-state index < -0.39 is 0 Å². The molecule has 128 valence electrons. The van der Waals surface area contributed by atoms with Crippen molar-refractivity contribution < 1.29 is 14.3 Å². The summed E-state index contributed by atoms with van der Waals surface area (Å²) in [6, 6.07) is 9.69. The number of carbonyl (C=O) groups excluding carboxylic acids is 1. The number of carbonyl (C=O) groups is 1. The fourth-order valence-electron chi connectivity index (χ4n) is 2.99. The fourth-order valence-corrected chi connectivity index (χ4v) is 2.99. The van der Waals surface area contributed by atoms with Crippen LogP contribution in [0.15, 0.2) is 47.1 Å². The van der Waals surface area contributed by atoms with Gasteiger partial charge < -0.3 is 19.7 Å². The Kier molecular flexibility index (Phi) is 3.89. The number of hydrogen-bond acceptors (Lipinski definition) is 5. The summed E-state index contributed by atoms with van der Waals surface area (Å²) < 4.78 is 5.83. The lowest BCUT2D eigenvalue weighted by Crippen LogP contribution is -2.51. The van der Waals surface area contributed by atoms with Crippen molar-refractivity contribution in [2.75, 3.05) is 25.0 Å². The van der Waals surface area contributed by atoms with Gasteiger partial charge in [-0.05, 0) is 25.1 Å². The highest BCUT2D eigenvalue weighted by molar-refractivity contribution is 6.07. The predicted octanol–water partition coefficient (Wildman–Crippen LogP) is 2.94. The van der Waals surface area contributed by atoms with E-state index in [1.165, 1.54) is 0 Å². The van der Waals surface area contributed by atoms with Crippen LogP contribution in [0.3, 0.4) is 0 Å². The number of hydrogen-bond donors (Lipinski definition) is 2. The molecular weight excluding hydrogens is 318 g/mol. The number of nitrogens with zero attached hydrogens (tertiary/aromatic N) is 2. The summed E-state index contributed by atoms with van der Waals surface area (Å²) in [6.45, 7) is 3.23. The Balaban J connectivity index is 1.71. The fraction of sp³-hybridized carbons (Fsp3) is 0.263. The summed E-state index contributed by atoms with van der Waals surface area (Å²) in [5, 5.41) is 13.2. The number of pyridine rings is 1. The molecule has 0 spiro atoms. The molecule has 2 aromatic heterocycles. The van der Waals surface area contributed by atoms with E-state index in [2.05, 4.69) is 10.3 Å². The molecule has 2 N–H and O–H groups in total. The van der Waals surface area contributed by atoms with Crippen LogP contribution < -0.4 is 5.32 Å². The van der Waals surface area contributed by atoms with Crippen LogP contribution in [0.25, 0.3) is 11.0 Å². The van der Waals surface area contributed by atoms with Crippen molar-refractivity contribution in [2.24, 2.45) is 5.92 Å². The normalized spacial score (nSPS) is 14.6. The lowest BCUT2D eigenvalue weighted by atomic mass is 10.0. The Bertz CT molecular complexity index is 911. The summed E-state index contributed by atoms with van der Waals surface area (Å²) in [4.78, 5) is 18.6. The molecule has 0 saturated carbocycles. The molecule has 1 aliphatic heterocycles. The summed E-state index contributed by atoms with van der Waals surface area (Å²) in [5.74, 6) is 0.263. The van der Waals surface area contributed by atoms with Gasteiger partial charge >= 0.3 is 0 Å². The number of fused-ring (bicyclic) bond motifs is 1. The van der Waals surface area contributed by atoms with Crippen molar-refractivity contribution in [3.8, 4) is 0 Å². The molecule has 1 fully saturated rings. The van der Waals surface area contributed by atoms with Crippen LogP contribution in [0, 0.1) is 12.8 Å². The predicted molar refractivity (Wildman–Crippen MR) is 95.0 cm³/mol. The average Bonchev–Trinajstić information content (AvgIpc) is 2.95. The molecule has 1 amide bonds. The van der Waals surface area contributed by atoms with E-state index in [-0.39, 0.29) is 24.2 Å². The first-order chi connectivity index (χ1) is 12.2. The second kappa shape index (κ2) is 6.22. The first-order valence-electron chi connectivity index (χ1n) is 8.26. The highest BCUT2D eigenvalue weighted by Gasteiger charge is 2.34. The Morgan fingerprint density at radius 2 is 2.08 bits per heavy atom. The number of likely N-dealkylation sites (tertiary alicyclic amines) is 1. The maximum Gasteiger partial charge on any atom is 0.291 e. The van der Waals surface area contributed by atoms with E-state index >= 15 is 0 Å². The van der Waals surface area contributed by atoms with Crippen molar-refractivity contribution in [2.45, 2.75) is 6.92 Å². The van der Waals surface area contributed by atoms with Gasteiger partial charge in [0.25, 0.3) is 5.91 Å². The van der Waals surface area contributed by atoms with Crippen LogP contribution in [0.1, 0.15) is 16.1 Å². The average molecular weight is 337 g/mol. The summed E-state index contributed by atoms with van der Waals surface area (Å²) >= 11 is 0. The van der Waals surface area contributed by atoms with Crippen LogP contribution in [0.5, 0.6) is 0 Å². The molecular formula is C19H19N3O3. The molecule has 1 aliphatic rings. The Morgan fingerprint density at radius 1 is 1.32 bits per heavy atom. The van der Waals surface area contributed by atoms with Gasteiger partial charge in [-0.3, -0.25) is 9.78 Å². The highest BCUT2D eigenvalue weighted by atomic mass is 16.3. The van der Waals surface area contributed by atoms with E-state index in [1.54, 1.807) is 23.4 Å². The highest BCUT2D eigenvalue weighted by Crippen LogP contribution is 2.34. The third kappa shape index (κ3) is 2.85. The number of aliphatic hydroxyl groups is 1. The van der Waals surface area contributed by atoms with Crippen molar-refractivity contribution in [1.29, 1.82) is 0 Å². The quantitative estimate of drug-likeness (QED) is 0.765. The number of nitrogens with one attached hydrogen (secondary N) is 1. The smallest absolute Gasteiger partial charge is 0.291 e. The van der Waals surface area contributed by atoms with E-state index in [0.29, 0.717) is 24.4 Å². The van der Waals surface area contributed by atoms with Crippen molar-refractivity contribution in [3.05, 3.63) is 54.0 Å². The zero-order chi connectivity index (χ0) is 17.4. The molecule has 6 heteroatoms. The SMILES string of the molecule is Cc1ccc(Nc2c(C(=O)N3CC(CO)C3)oc3ccncc23)cc1. The van der Waals surface area contributed by atoms with E-state index in [9.17, 15) is 4.79 Å². The lowest BCUT2D eigenvalue weighted by molar-refractivity contribution is 0.0337. The molecule has 25 heavy (non-hydrogen) atoms. The number of rotatable bonds is 4. The number of aryl methyl sites for hydroxylation is 1. The van der Waals surface area contributed by atoms with Crippen LogP contribution in [0.4, 0.5) is 11.4 Å². The standard InChI is InChI=1S/C19H19N3O3/c1-12-2-4-14(5-3-12)21-17-15-8-20-7-6-16(15)25-18(17)19(24)22-9-13(10-22)11-23/h2-8,13,21,23H,9-11H2,1H3. The monoisotopic (exact) mass is 337 g/mol. The molecule has 1 saturated heterocycles. The second-order valence-corrected chi connectivity index (χ2v) is 6.43. The van der Waals surface area contributed by atoms with Gasteiger partial charge in [-0.25, -0.2) is 0 Å². The van der Waals surface area contributed by atoms with E-state index in [1.807, 2.05) is 31.2 Å². The number of anilines is 2. The minimum atomic E-state index is -0.171. The largest absolute Gasteiger partial charge is 0.448 e. The molecule has 0 unspecified atom stereocenters. The van der Waals surface area contributed by atoms with Crippen LogP contribution in [0.2, 0.25) is 0 Å². The molecule has 0 radical (unpaired) electrons. The summed E-state index contributed by atoms with van der Waals surface area (Å²) in [7, 11) is 0. The molecule has 3 aromatic rings. The van der Waals surface area contributed by atoms with Gasteiger partial charge in [0.05, 0.1) is 5.39 Å².